The Labute approximate surface area is 135 Å². The molecule has 2 aromatic carbocycles. The van der Waals surface area contributed by atoms with Gasteiger partial charge < -0.3 is 9.97 Å². The average Bonchev–Trinajstić information content (AvgIpc) is 3.06. The smallest absolute Gasteiger partial charge is 0.0870 e. The molecule has 0 saturated heterocycles. The van der Waals surface area contributed by atoms with E-state index in [9.17, 15) is 0 Å². The summed E-state index contributed by atoms with van der Waals surface area (Å²) in [5.74, 6) is 0. The van der Waals surface area contributed by atoms with Gasteiger partial charge in [-0.1, -0.05) is 47.6 Å². The number of fused-ring (bicyclic) bond motifs is 2. The number of aromatic amines is 2. The molecule has 4 aromatic rings. The number of nitrogens with one attached hydrogen (secondary N) is 2. The molecule has 0 amide bonds. The van der Waals surface area contributed by atoms with Crippen LogP contribution in [0.25, 0.3) is 21.8 Å². The zero-order valence-electron chi connectivity index (χ0n) is 12.4. The molecule has 2 N–H and O–H groups in total. The Hall–Kier alpha value is -1.76. The summed E-state index contributed by atoms with van der Waals surface area (Å²) in [6, 6.07) is 16.7. The lowest BCUT2D eigenvalue weighted by atomic mass is 10.2. The third-order valence-corrected chi connectivity index (χ3v) is 6.97. The molecule has 0 fully saturated rings. The summed E-state index contributed by atoms with van der Waals surface area (Å²) in [6.45, 7) is 4.29. The Kier molecular flexibility index (Phi) is 3.25. The number of rotatable bonds is 2. The maximum absolute atomic E-state index is 6.89. The third-order valence-electron chi connectivity index (χ3n) is 4.27. The molecule has 4 rings (SSSR count). The van der Waals surface area contributed by atoms with Gasteiger partial charge in [-0.2, -0.15) is 0 Å². The highest BCUT2D eigenvalue weighted by atomic mass is 35.7. The highest BCUT2D eigenvalue weighted by Crippen LogP contribution is 2.42. The molecular weight excluding hydrogens is 311 g/mol. The van der Waals surface area contributed by atoms with E-state index in [4.69, 9.17) is 11.2 Å². The van der Waals surface area contributed by atoms with Crippen LogP contribution in [-0.4, -0.2) is 9.97 Å². The van der Waals surface area contributed by atoms with Gasteiger partial charge in [0.1, 0.15) is 0 Å². The summed E-state index contributed by atoms with van der Waals surface area (Å²) in [6.07, 6.45) is 0. The van der Waals surface area contributed by atoms with E-state index in [2.05, 4.69) is 60.2 Å². The average molecular weight is 327 g/mol. The fraction of sp³-hybridized carbons (Fsp3) is 0.111. The minimum Gasteiger partial charge on any atom is -0.353 e. The molecule has 0 saturated carbocycles. The van der Waals surface area contributed by atoms with Crippen molar-refractivity contribution in [2.75, 3.05) is 0 Å². The summed E-state index contributed by atoms with van der Waals surface area (Å²) < 4.78 is 0. The number of hydrogen-bond acceptors (Lipinski definition) is 0. The topological polar surface area (TPSA) is 31.6 Å². The molecular formula is C18H16ClN2P. The quantitative estimate of drug-likeness (QED) is 0.493. The van der Waals surface area contributed by atoms with Crippen LogP contribution in [0.1, 0.15) is 11.1 Å². The van der Waals surface area contributed by atoms with Gasteiger partial charge in [0, 0.05) is 21.8 Å². The Morgan fingerprint density at radius 2 is 1.14 bits per heavy atom. The largest absolute Gasteiger partial charge is 0.353 e. The number of aryl methyl sites for hydroxylation is 2. The number of hydrogen-bond donors (Lipinski definition) is 2. The van der Waals surface area contributed by atoms with Crippen LogP contribution in [0, 0.1) is 13.8 Å². The Morgan fingerprint density at radius 1 is 0.727 bits per heavy atom. The molecule has 2 nitrogen and oxygen atoms in total. The highest BCUT2D eigenvalue weighted by molar-refractivity contribution is 7.95. The fourth-order valence-corrected chi connectivity index (χ4v) is 5.55. The standard InChI is InChI=1S/C18H16ClN2P/c1-11-13-7-3-5-9-15(13)20-17(11)22(19)18-12(2)14-8-4-6-10-16(14)21-18/h3-10,20-21H,1-2H3. The van der Waals surface area contributed by atoms with Gasteiger partial charge in [-0.15, -0.1) is 0 Å². The van der Waals surface area contributed by atoms with Crippen molar-refractivity contribution in [3.63, 3.8) is 0 Å². The van der Waals surface area contributed by atoms with Crippen molar-refractivity contribution in [2.24, 2.45) is 0 Å². The van der Waals surface area contributed by atoms with E-state index >= 15 is 0 Å². The monoisotopic (exact) mass is 326 g/mol. The second-order valence-electron chi connectivity index (χ2n) is 5.57. The Bertz CT molecular complexity index is 903. The number of H-pyrrole nitrogens is 2. The lowest BCUT2D eigenvalue weighted by molar-refractivity contribution is 1.48. The van der Waals surface area contributed by atoms with Gasteiger partial charge >= 0.3 is 0 Å². The van der Waals surface area contributed by atoms with Crippen LogP contribution in [-0.2, 0) is 0 Å². The van der Waals surface area contributed by atoms with Gasteiger partial charge in [0.05, 0.1) is 18.1 Å². The van der Waals surface area contributed by atoms with Gasteiger partial charge in [-0.3, -0.25) is 0 Å². The first-order valence-electron chi connectivity index (χ1n) is 7.27. The van der Waals surface area contributed by atoms with Crippen LogP contribution in [0.15, 0.2) is 48.5 Å². The zero-order valence-corrected chi connectivity index (χ0v) is 14.1. The molecule has 0 aliphatic heterocycles. The number of aromatic nitrogens is 2. The first-order valence-corrected chi connectivity index (χ1v) is 9.52. The highest BCUT2D eigenvalue weighted by Gasteiger charge is 2.21. The van der Waals surface area contributed by atoms with Crippen molar-refractivity contribution in [3.05, 3.63) is 59.7 Å². The van der Waals surface area contributed by atoms with E-state index in [1.54, 1.807) is 0 Å². The molecule has 2 aromatic heterocycles. The molecule has 0 aliphatic rings. The van der Waals surface area contributed by atoms with Crippen LogP contribution in [0.3, 0.4) is 0 Å². The van der Waals surface area contributed by atoms with Gasteiger partial charge in [0.2, 0.25) is 0 Å². The summed E-state index contributed by atoms with van der Waals surface area (Å²) in [5, 5.41) is 2.50. The van der Waals surface area contributed by atoms with Crippen molar-refractivity contribution >= 4 is 51.2 Å². The third kappa shape index (κ3) is 1.99. The zero-order chi connectivity index (χ0) is 15.3. The lowest BCUT2D eigenvalue weighted by Gasteiger charge is -2.09. The van der Waals surface area contributed by atoms with E-state index in [0.717, 1.165) is 21.9 Å². The second kappa shape index (κ2) is 5.15. The molecule has 4 heteroatoms. The Balaban J connectivity index is 1.90. The summed E-state index contributed by atoms with van der Waals surface area (Å²) in [7, 11) is -0.945. The molecule has 0 atom stereocenters. The minimum absolute atomic E-state index is 0.945. The summed E-state index contributed by atoms with van der Waals surface area (Å²) in [4.78, 5) is 7.02. The minimum atomic E-state index is -0.945. The van der Waals surface area contributed by atoms with E-state index in [1.165, 1.54) is 21.9 Å². The summed E-state index contributed by atoms with van der Waals surface area (Å²) in [5.41, 5.74) is 7.05. The van der Waals surface area contributed by atoms with E-state index in [-0.39, 0.29) is 0 Å². The van der Waals surface area contributed by atoms with Crippen molar-refractivity contribution in [1.29, 1.82) is 0 Å². The maximum atomic E-state index is 6.89. The van der Waals surface area contributed by atoms with Crippen molar-refractivity contribution in [2.45, 2.75) is 13.8 Å². The van der Waals surface area contributed by atoms with Gasteiger partial charge in [0.25, 0.3) is 0 Å². The SMILES string of the molecule is Cc1c(P(Cl)c2[nH]c3ccccc3c2C)[nH]c2ccccc12. The molecule has 110 valence electrons. The van der Waals surface area contributed by atoms with Gasteiger partial charge in [-0.05, 0) is 37.1 Å². The van der Waals surface area contributed by atoms with E-state index in [0.29, 0.717) is 0 Å². The predicted octanol–water partition coefficient (Wildman–Crippen LogP) is 4.85. The molecule has 2 heterocycles. The van der Waals surface area contributed by atoms with Crippen molar-refractivity contribution in [3.8, 4) is 0 Å². The molecule has 0 spiro atoms. The van der Waals surface area contributed by atoms with Crippen molar-refractivity contribution in [1.82, 2.24) is 9.97 Å². The number of halogens is 1. The van der Waals surface area contributed by atoms with E-state index in [1.807, 2.05) is 12.1 Å². The van der Waals surface area contributed by atoms with Crippen LogP contribution < -0.4 is 10.9 Å². The molecule has 22 heavy (non-hydrogen) atoms. The molecule has 0 aliphatic carbocycles. The van der Waals surface area contributed by atoms with Gasteiger partial charge in [-0.25, -0.2) is 0 Å². The molecule has 0 unspecified atom stereocenters. The second-order valence-corrected chi connectivity index (χ2v) is 8.04. The fourth-order valence-electron chi connectivity index (χ4n) is 3.04. The normalized spacial score (nSPS) is 11.8. The molecule has 0 radical (unpaired) electrons. The van der Waals surface area contributed by atoms with E-state index < -0.39 is 7.27 Å². The van der Waals surface area contributed by atoms with Crippen molar-refractivity contribution < 1.29 is 0 Å². The lowest BCUT2D eigenvalue weighted by Crippen LogP contribution is -2.14. The first-order chi connectivity index (χ1) is 10.7. The maximum Gasteiger partial charge on any atom is 0.0870 e. The van der Waals surface area contributed by atoms with Crippen LogP contribution in [0.5, 0.6) is 0 Å². The Morgan fingerprint density at radius 3 is 1.55 bits per heavy atom. The number of benzene rings is 2. The summed E-state index contributed by atoms with van der Waals surface area (Å²) >= 11 is 6.89. The first kappa shape index (κ1) is 13.9. The van der Waals surface area contributed by atoms with Crippen LogP contribution in [0.4, 0.5) is 0 Å². The van der Waals surface area contributed by atoms with Crippen LogP contribution >= 0.6 is 18.5 Å². The van der Waals surface area contributed by atoms with Crippen LogP contribution in [0.2, 0.25) is 0 Å². The molecule has 0 bridgehead atoms. The number of para-hydroxylation sites is 2. The van der Waals surface area contributed by atoms with Gasteiger partial charge in [0.15, 0.2) is 0 Å². The predicted molar refractivity (Wildman–Crippen MR) is 98.1 cm³/mol.